The average molecular weight is 109 g/mol. The van der Waals surface area contributed by atoms with Crippen molar-refractivity contribution in [3.8, 4) is 0 Å². The summed E-state index contributed by atoms with van der Waals surface area (Å²) in [6.45, 7) is 1.65. The van der Waals surface area contributed by atoms with Gasteiger partial charge in [-0.15, -0.1) is 0 Å². The van der Waals surface area contributed by atoms with Crippen LogP contribution in [0.1, 0.15) is 13.3 Å². The van der Waals surface area contributed by atoms with E-state index in [1.807, 2.05) is 0 Å². The first-order valence-corrected chi connectivity index (χ1v) is 1.86. The second kappa shape index (κ2) is 2.92. The molecule has 0 heterocycles. The number of rotatable bonds is 1. The molecule has 0 amide bonds. The summed E-state index contributed by atoms with van der Waals surface area (Å²) in [5.74, 6) is -1.71. The number of hydrogen-bond acceptors (Lipinski definition) is 3. The van der Waals surface area contributed by atoms with E-state index in [-0.39, 0.29) is 11.9 Å². The van der Waals surface area contributed by atoms with Crippen LogP contribution < -0.4 is 5.73 Å². The molecule has 0 aromatic heterocycles. The molecule has 0 rings (SSSR count). The number of aliphatic hydroxyl groups is 2. The summed E-state index contributed by atoms with van der Waals surface area (Å²) in [5, 5.41) is 16.5. The monoisotopic (exact) mass is 109 g/mol. The van der Waals surface area contributed by atoms with E-state index in [2.05, 4.69) is 5.73 Å². The summed E-state index contributed by atoms with van der Waals surface area (Å²) >= 11 is 0. The molecule has 0 atom stereocenters. The van der Waals surface area contributed by atoms with Crippen LogP contribution in [0.4, 0.5) is 0 Å². The third kappa shape index (κ3) is 10.7. The smallest absolute Gasteiger partial charge is 0.308 e. The Morgan fingerprint density at radius 3 is 1.71 bits per heavy atom. The Labute approximate surface area is 41.9 Å². The van der Waals surface area contributed by atoms with Crippen LogP contribution >= 0.6 is 0 Å². The topological polar surface area (TPSA) is 98.1 Å². The molecule has 0 spiro atoms. The third-order valence-corrected chi connectivity index (χ3v) is 0.566. The molecule has 4 heteroatoms. The Hall–Kier alpha value is -0.160. The molecular formula is C3H11NO3. The molecule has 0 aliphatic carbocycles. The number of quaternary nitrogens is 1. The molecule has 0 aromatic rings. The largest absolute Gasteiger partial charge is 0.870 e. The zero-order chi connectivity index (χ0) is 5.21. The highest BCUT2D eigenvalue weighted by Gasteiger charge is 2.14. The van der Waals surface area contributed by atoms with E-state index in [1.165, 1.54) is 0 Å². The molecule has 0 aromatic carbocycles. The van der Waals surface area contributed by atoms with Crippen LogP contribution in [0.5, 0.6) is 0 Å². The maximum atomic E-state index is 8.27. The van der Waals surface area contributed by atoms with Crippen molar-refractivity contribution < 1.29 is 21.4 Å². The molecule has 0 aliphatic heterocycles. The first-order valence-electron chi connectivity index (χ1n) is 1.86. The fourth-order valence-corrected chi connectivity index (χ4v) is 0. The molecule has 0 saturated carbocycles. The van der Waals surface area contributed by atoms with Crippen molar-refractivity contribution in [2.24, 2.45) is 0 Å². The lowest BCUT2D eigenvalue weighted by molar-refractivity contribution is -0.619. The Bertz CT molecular complexity index is 39.9. The van der Waals surface area contributed by atoms with Gasteiger partial charge < -0.3 is 21.4 Å². The molecule has 0 radical (unpaired) electrons. The van der Waals surface area contributed by atoms with Gasteiger partial charge in [-0.1, -0.05) is 6.92 Å². The standard InChI is InChI=1S/C3H9NO2.H2O/c1-2-3(4,5)6;/h5-6H,2,4H2,1H3;1H2. The molecule has 0 fully saturated rings. The van der Waals surface area contributed by atoms with Gasteiger partial charge in [-0.25, -0.2) is 0 Å². The van der Waals surface area contributed by atoms with Crippen LogP contribution in [0.15, 0.2) is 0 Å². The first-order chi connectivity index (χ1) is 2.56. The lowest BCUT2D eigenvalue weighted by Gasteiger charge is -2.05. The van der Waals surface area contributed by atoms with Gasteiger partial charge in [-0.2, -0.15) is 0 Å². The van der Waals surface area contributed by atoms with E-state index in [0.717, 1.165) is 0 Å². The van der Waals surface area contributed by atoms with Crippen LogP contribution in [-0.2, 0) is 0 Å². The Morgan fingerprint density at radius 2 is 1.71 bits per heavy atom. The Morgan fingerprint density at radius 1 is 1.57 bits per heavy atom. The van der Waals surface area contributed by atoms with Gasteiger partial charge in [0.15, 0.2) is 0 Å². The van der Waals surface area contributed by atoms with Crippen molar-refractivity contribution in [1.82, 2.24) is 0 Å². The van der Waals surface area contributed by atoms with Gasteiger partial charge in [0.05, 0.1) is 6.42 Å². The van der Waals surface area contributed by atoms with Crippen LogP contribution in [0, 0.1) is 0 Å². The minimum Gasteiger partial charge on any atom is -0.870 e. The zero-order valence-electron chi connectivity index (χ0n) is 4.26. The van der Waals surface area contributed by atoms with Crippen molar-refractivity contribution in [3.05, 3.63) is 0 Å². The minimum absolute atomic E-state index is 0. The summed E-state index contributed by atoms with van der Waals surface area (Å²) in [5.41, 5.74) is 3.00. The highest BCUT2D eigenvalue weighted by molar-refractivity contribution is 4.32. The fraction of sp³-hybridized carbons (Fsp3) is 1.00. The summed E-state index contributed by atoms with van der Waals surface area (Å²) in [6.07, 6.45) is 0.271. The summed E-state index contributed by atoms with van der Waals surface area (Å²) in [7, 11) is 0. The summed E-state index contributed by atoms with van der Waals surface area (Å²) in [6, 6.07) is 0. The Kier molecular flexibility index (Phi) is 4.16. The quantitative estimate of drug-likeness (QED) is 0.343. The fourth-order valence-electron chi connectivity index (χ4n) is 0. The van der Waals surface area contributed by atoms with Crippen molar-refractivity contribution >= 4 is 0 Å². The molecule has 6 N–H and O–H groups in total. The lowest BCUT2D eigenvalue weighted by Crippen LogP contribution is -2.72. The van der Waals surface area contributed by atoms with E-state index in [1.54, 1.807) is 6.92 Å². The zero-order valence-corrected chi connectivity index (χ0v) is 4.26. The predicted molar refractivity (Wildman–Crippen MR) is 22.3 cm³/mol. The maximum Gasteiger partial charge on any atom is 0.308 e. The predicted octanol–water partition coefficient (Wildman–Crippen LogP) is -1.90. The summed E-state index contributed by atoms with van der Waals surface area (Å²) in [4.78, 5) is 0. The van der Waals surface area contributed by atoms with Gasteiger partial charge in [-0.05, 0) is 0 Å². The van der Waals surface area contributed by atoms with Gasteiger partial charge in [0.2, 0.25) is 0 Å². The molecule has 0 unspecified atom stereocenters. The minimum atomic E-state index is -1.71. The molecule has 0 saturated heterocycles. The van der Waals surface area contributed by atoms with Crippen LogP contribution in [0.3, 0.4) is 0 Å². The van der Waals surface area contributed by atoms with Crippen molar-refractivity contribution in [2.75, 3.05) is 0 Å². The first kappa shape index (κ1) is 9.96. The Balaban J connectivity index is 0. The molecule has 0 bridgehead atoms. The highest BCUT2D eigenvalue weighted by Crippen LogP contribution is 1.87. The van der Waals surface area contributed by atoms with Gasteiger partial charge in [0.1, 0.15) is 0 Å². The van der Waals surface area contributed by atoms with E-state index < -0.39 is 5.91 Å². The normalized spacial score (nSPS) is 10.3. The van der Waals surface area contributed by atoms with E-state index in [9.17, 15) is 0 Å². The molecule has 4 nitrogen and oxygen atoms in total. The summed E-state index contributed by atoms with van der Waals surface area (Å²) < 4.78 is 0. The van der Waals surface area contributed by atoms with Crippen LogP contribution in [-0.4, -0.2) is 21.6 Å². The molecule has 7 heavy (non-hydrogen) atoms. The second-order valence-corrected chi connectivity index (χ2v) is 1.34. The van der Waals surface area contributed by atoms with Crippen molar-refractivity contribution in [3.63, 3.8) is 0 Å². The van der Waals surface area contributed by atoms with Gasteiger partial charge >= 0.3 is 5.91 Å². The highest BCUT2D eigenvalue weighted by atomic mass is 16.5. The van der Waals surface area contributed by atoms with Gasteiger partial charge in [0, 0.05) is 0 Å². The second-order valence-electron chi connectivity index (χ2n) is 1.34. The van der Waals surface area contributed by atoms with E-state index in [4.69, 9.17) is 10.2 Å². The lowest BCUT2D eigenvalue weighted by atomic mass is 10.4. The maximum absolute atomic E-state index is 8.27. The van der Waals surface area contributed by atoms with Crippen molar-refractivity contribution in [2.45, 2.75) is 19.3 Å². The van der Waals surface area contributed by atoms with Gasteiger partial charge in [-0.3, -0.25) is 0 Å². The average Bonchev–Trinajstić information content (AvgIpc) is 1.35. The molecular weight excluding hydrogens is 98.0 g/mol. The van der Waals surface area contributed by atoms with E-state index in [0.29, 0.717) is 0 Å². The molecule has 0 aliphatic rings. The van der Waals surface area contributed by atoms with Crippen molar-refractivity contribution in [1.29, 1.82) is 0 Å². The SMILES string of the molecule is CCC([NH3+])(O)O.[OH-]. The molecule has 46 valence electrons. The van der Waals surface area contributed by atoms with Crippen LogP contribution in [0.25, 0.3) is 0 Å². The van der Waals surface area contributed by atoms with Crippen LogP contribution in [0.2, 0.25) is 0 Å². The van der Waals surface area contributed by atoms with E-state index >= 15 is 0 Å². The van der Waals surface area contributed by atoms with Gasteiger partial charge in [0.25, 0.3) is 0 Å². The third-order valence-electron chi connectivity index (χ3n) is 0.566. The number of hydrogen-bond donors (Lipinski definition) is 3.